The number of hydrogen-bond acceptors (Lipinski definition) is 2. The van der Waals surface area contributed by atoms with Crippen molar-refractivity contribution in [2.24, 2.45) is 16.7 Å². The quantitative estimate of drug-likeness (QED) is 0.765. The molecule has 0 radical (unpaired) electrons. The molecular formula is C16H23NO. The lowest BCUT2D eigenvalue weighted by Gasteiger charge is -2.40. The van der Waals surface area contributed by atoms with Crippen molar-refractivity contribution in [3.63, 3.8) is 0 Å². The van der Waals surface area contributed by atoms with E-state index in [0.29, 0.717) is 5.41 Å². The Hall–Kier alpha value is -1.23. The van der Waals surface area contributed by atoms with Crippen LogP contribution < -0.4 is 0 Å². The Morgan fingerprint density at radius 1 is 1.39 bits per heavy atom. The van der Waals surface area contributed by atoms with Crippen molar-refractivity contribution < 1.29 is 4.42 Å². The van der Waals surface area contributed by atoms with Crippen LogP contribution in [0.3, 0.4) is 0 Å². The monoisotopic (exact) mass is 245 g/mol. The van der Waals surface area contributed by atoms with Crippen LogP contribution in [0, 0.1) is 28.1 Å². The Labute approximate surface area is 110 Å². The number of rotatable bonds is 2. The van der Waals surface area contributed by atoms with Crippen LogP contribution in [-0.4, -0.2) is 0 Å². The normalized spacial score (nSPS) is 28.9. The van der Waals surface area contributed by atoms with Gasteiger partial charge in [-0.05, 0) is 49.1 Å². The van der Waals surface area contributed by atoms with E-state index in [1.807, 2.05) is 12.1 Å². The van der Waals surface area contributed by atoms with Crippen molar-refractivity contribution in [1.82, 2.24) is 0 Å². The van der Waals surface area contributed by atoms with Gasteiger partial charge in [-0.3, -0.25) is 0 Å². The molecule has 2 nitrogen and oxygen atoms in total. The van der Waals surface area contributed by atoms with Crippen LogP contribution in [0.15, 0.2) is 22.8 Å². The van der Waals surface area contributed by atoms with Crippen molar-refractivity contribution in [2.75, 3.05) is 0 Å². The zero-order valence-electron chi connectivity index (χ0n) is 11.7. The molecule has 1 aromatic rings. The minimum Gasteiger partial charge on any atom is -0.469 e. The van der Waals surface area contributed by atoms with Gasteiger partial charge in [0, 0.05) is 6.42 Å². The van der Waals surface area contributed by atoms with Crippen molar-refractivity contribution in [1.29, 1.82) is 5.26 Å². The van der Waals surface area contributed by atoms with Crippen molar-refractivity contribution >= 4 is 0 Å². The van der Waals surface area contributed by atoms with Gasteiger partial charge in [-0.1, -0.05) is 20.8 Å². The van der Waals surface area contributed by atoms with Crippen molar-refractivity contribution in [3.05, 3.63) is 24.2 Å². The summed E-state index contributed by atoms with van der Waals surface area (Å²) in [6.45, 7) is 6.93. The molecule has 0 spiro atoms. The van der Waals surface area contributed by atoms with E-state index < -0.39 is 0 Å². The minimum absolute atomic E-state index is 0.195. The molecule has 1 aliphatic carbocycles. The standard InChI is InChI=1S/C16H23NO/c1-15(2,3)13-6-8-16(12-17,9-7-13)11-14-5-4-10-18-14/h4-5,10,13H,6-9,11H2,1-3H3. The highest BCUT2D eigenvalue weighted by Crippen LogP contribution is 2.46. The molecule has 0 unspecified atom stereocenters. The number of nitriles is 1. The van der Waals surface area contributed by atoms with E-state index in [1.165, 1.54) is 0 Å². The number of nitrogens with zero attached hydrogens (tertiary/aromatic N) is 1. The molecule has 18 heavy (non-hydrogen) atoms. The summed E-state index contributed by atoms with van der Waals surface area (Å²) in [6.07, 6.45) is 6.81. The predicted octanol–water partition coefficient (Wildman–Crippen LogP) is 4.57. The molecule has 0 N–H and O–H groups in total. The lowest BCUT2D eigenvalue weighted by Crippen LogP contribution is -2.33. The Kier molecular flexibility index (Phi) is 3.52. The summed E-state index contributed by atoms with van der Waals surface area (Å²) in [5.41, 5.74) is 0.173. The first kappa shape index (κ1) is 13.2. The summed E-state index contributed by atoms with van der Waals surface area (Å²) < 4.78 is 5.41. The van der Waals surface area contributed by atoms with Crippen LogP contribution in [0.2, 0.25) is 0 Å². The van der Waals surface area contributed by atoms with E-state index in [9.17, 15) is 5.26 Å². The van der Waals surface area contributed by atoms with E-state index in [1.54, 1.807) is 6.26 Å². The molecule has 2 heteroatoms. The van der Waals surface area contributed by atoms with Crippen LogP contribution in [0.1, 0.15) is 52.2 Å². The SMILES string of the molecule is CC(C)(C)C1CCC(C#N)(Cc2ccco2)CC1. The number of hydrogen-bond donors (Lipinski definition) is 0. The first-order chi connectivity index (χ1) is 8.45. The highest BCUT2D eigenvalue weighted by atomic mass is 16.3. The van der Waals surface area contributed by atoms with E-state index in [4.69, 9.17) is 4.42 Å². The zero-order chi connectivity index (χ0) is 13.2. The molecule has 98 valence electrons. The molecule has 0 amide bonds. The van der Waals surface area contributed by atoms with Crippen LogP contribution >= 0.6 is 0 Å². The topological polar surface area (TPSA) is 36.9 Å². The minimum atomic E-state index is -0.195. The van der Waals surface area contributed by atoms with Gasteiger partial charge in [-0.2, -0.15) is 5.26 Å². The third-order valence-electron chi connectivity index (χ3n) is 4.50. The van der Waals surface area contributed by atoms with Gasteiger partial charge in [0.1, 0.15) is 5.76 Å². The van der Waals surface area contributed by atoms with E-state index in [-0.39, 0.29) is 5.41 Å². The molecule has 0 aliphatic heterocycles. The molecule has 1 aliphatic rings. The Bertz CT molecular complexity index is 411. The third kappa shape index (κ3) is 2.77. The fraction of sp³-hybridized carbons (Fsp3) is 0.688. The summed E-state index contributed by atoms with van der Waals surface area (Å²) in [5, 5.41) is 9.54. The summed E-state index contributed by atoms with van der Waals surface area (Å²) in [6, 6.07) is 6.45. The predicted molar refractivity (Wildman–Crippen MR) is 71.9 cm³/mol. The highest BCUT2D eigenvalue weighted by Gasteiger charge is 2.39. The number of furan rings is 1. The first-order valence-corrected chi connectivity index (χ1v) is 6.89. The van der Waals surface area contributed by atoms with E-state index in [0.717, 1.165) is 43.8 Å². The molecule has 1 fully saturated rings. The van der Waals surface area contributed by atoms with Gasteiger partial charge in [0.15, 0.2) is 0 Å². The molecule has 1 heterocycles. The Balaban J connectivity index is 2.03. The fourth-order valence-corrected chi connectivity index (χ4v) is 3.11. The molecule has 0 saturated heterocycles. The molecule has 2 rings (SSSR count). The van der Waals surface area contributed by atoms with Crippen LogP contribution in [0.4, 0.5) is 0 Å². The van der Waals surface area contributed by atoms with Crippen molar-refractivity contribution in [3.8, 4) is 6.07 Å². The molecule has 1 aromatic heterocycles. The second kappa shape index (κ2) is 4.80. The second-order valence-corrected chi connectivity index (χ2v) is 6.79. The molecule has 1 saturated carbocycles. The molecule has 0 aromatic carbocycles. The van der Waals surface area contributed by atoms with Gasteiger partial charge in [0.2, 0.25) is 0 Å². The van der Waals surface area contributed by atoms with Gasteiger partial charge in [-0.25, -0.2) is 0 Å². The summed E-state index contributed by atoms with van der Waals surface area (Å²) in [7, 11) is 0. The first-order valence-electron chi connectivity index (χ1n) is 6.89. The van der Waals surface area contributed by atoms with E-state index >= 15 is 0 Å². The van der Waals surface area contributed by atoms with Crippen LogP contribution in [0.5, 0.6) is 0 Å². The fourth-order valence-electron chi connectivity index (χ4n) is 3.11. The summed E-state index contributed by atoms with van der Waals surface area (Å²) in [4.78, 5) is 0. The smallest absolute Gasteiger partial charge is 0.105 e. The maximum atomic E-state index is 9.54. The lowest BCUT2D eigenvalue weighted by atomic mass is 9.63. The lowest BCUT2D eigenvalue weighted by molar-refractivity contribution is 0.117. The van der Waals surface area contributed by atoms with Crippen LogP contribution in [-0.2, 0) is 6.42 Å². The maximum absolute atomic E-state index is 9.54. The Morgan fingerprint density at radius 3 is 2.50 bits per heavy atom. The summed E-state index contributed by atoms with van der Waals surface area (Å²) in [5.74, 6) is 1.70. The van der Waals surface area contributed by atoms with E-state index in [2.05, 4.69) is 26.8 Å². The van der Waals surface area contributed by atoms with Gasteiger partial charge >= 0.3 is 0 Å². The van der Waals surface area contributed by atoms with Crippen molar-refractivity contribution in [2.45, 2.75) is 52.9 Å². The Morgan fingerprint density at radius 2 is 2.06 bits per heavy atom. The molecule has 0 atom stereocenters. The zero-order valence-corrected chi connectivity index (χ0v) is 11.7. The molecular weight excluding hydrogens is 222 g/mol. The van der Waals surface area contributed by atoms with Gasteiger partial charge in [-0.15, -0.1) is 0 Å². The summed E-state index contributed by atoms with van der Waals surface area (Å²) >= 11 is 0. The maximum Gasteiger partial charge on any atom is 0.105 e. The average Bonchev–Trinajstić information content (AvgIpc) is 2.81. The second-order valence-electron chi connectivity index (χ2n) is 6.79. The average molecular weight is 245 g/mol. The highest BCUT2D eigenvalue weighted by molar-refractivity contribution is 5.11. The van der Waals surface area contributed by atoms with Gasteiger partial charge in [0.25, 0.3) is 0 Å². The largest absolute Gasteiger partial charge is 0.469 e. The van der Waals surface area contributed by atoms with Gasteiger partial charge in [0.05, 0.1) is 17.7 Å². The van der Waals surface area contributed by atoms with Crippen LogP contribution in [0.25, 0.3) is 0 Å². The third-order valence-corrected chi connectivity index (χ3v) is 4.50. The van der Waals surface area contributed by atoms with Gasteiger partial charge < -0.3 is 4.42 Å². The molecule has 0 bridgehead atoms.